The number of nitrogen functional groups attached to an aromatic ring is 1. The van der Waals surface area contributed by atoms with Gasteiger partial charge in [0, 0.05) is 13.1 Å². The number of nitrogens with zero attached hydrogens (tertiary/aromatic N) is 1. The van der Waals surface area contributed by atoms with Crippen molar-refractivity contribution in [2.75, 3.05) is 18.5 Å². The van der Waals surface area contributed by atoms with E-state index in [1.807, 2.05) is 6.92 Å². The van der Waals surface area contributed by atoms with Crippen LogP contribution in [0.5, 0.6) is 0 Å². The Morgan fingerprint density at radius 3 is 2.95 bits per heavy atom. The van der Waals surface area contributed by atoms with Crippen molar-refractivity contribution in [3.8, 4) is 0 Å². The first-order chi connectivity index (χ1) is 9.19. The van der Waals surface area contributed by atoms with Crippen LogP contribution in [0.3, 0.4) is 0 Å². The van der Waals surface area contributed by atoms with Crippen LogP contribution in [0.1, 0.15) is 23.7 Å². The van der Waals surface area contributed by atoms with Crippen molar-refractivity contribution in [3.63, 3.8) is 0 Å². The van der Waals surface area contributed by atoms with Crippen molar-refractivity contribution in [2.45, 2.75) is 19.4 Å². The van der Waals surface area contributed by atoms with Crippen LogP contribution in [0.2, 0.25) is 0 Å². The Hall–Kier alpha value is -2.08. The fraction of sp³-hybridized carbons (Fsp3) is 0.385. The second-order valence-electron chi connectivity index (χ2n) is 4.40. The number of hydrogen-bond donors (Lipinski definition) is 3. The van der Waals surface area contributed by atoms with Crippen LogP contribution < -0.4 is 16.6 Å². The lowest BCUT2D eigenvalue weighted by atomic mass is 10.1. The summed E-state index contributed by atoms with van der Waals surface area (Å²) >= 11 is 0. The van der Waals surface area contributed by atoms with Gasteiger partial charge in [0.1, 0.15) is 6.04 Å². The zero-order chi connectivity index (χ0) is 13.8. The Balaban J connectivity index is 2.29. The molecule has 1 aliphatic heterocycles. The predicted octanol–water partition coefficient (Wildman–Crippen LogP) is 0.323. The lowest BCUT2D eigenvalue weighted by Gasteiger charge is -2.34. The molecule has 19 heavy (non-hydrogen) atoms. The van der Waals surface area contributed by atoms with Gasteiger partial charge in [-0.3, -0.25) is 15.4 Å². The van der Waals surface area contributed by atoms with Crippen molar-refractivity contribution in [1.82, 2.24) is 10.2 Å². The highest BCUT2D eigenvalue weighted by atomic mass is 16.2. The molecule has 1 aliphatic rings. The van der Waals surface area contributed by atoms with Crippen LogP contribution in [-0.4, -0.2) is 35.8 Å². The maximum atomic E-state index is 12.5. The Labute approximate surface area is 111 Å². The van der Waals surface area contributed by atoms with Gasteiger partial charge >= 0.3 is 0 Å². The van der Waals surface area contributed by atoms with Crippen molar-refractivity contribution < 1.29 is 9.59 Å². The molecule has 0 spiro atoms. The molecule has 4 N–H and O–H groups in total. The number of carbonyl (C=O) groups excluding carboxylic acids is 2. The molecule has 0 radical (unpaired) electrons. The predicted molar refractivity (Wildman–Crippen MR) is 72.4 cm³/mol. The molecule has 0 aliphatic carbocycles. The summed E-state index contributed by atoms with van der Waals surface area (Å²) in [6, 6.07) is 6.60. The standard InChI is InChI=1S/C13H18N4O2/c1-2-11-12(18)15-7-8-17(11)13(19)9-5-3-4-6-10(9)16-14/h3-6,11,16H,2,7-8,14H2,1H3,(H,15,18). The van der Waals surface area contributed by atoms with Gasteiger partial charge < -0.3 is 15.6 Å². The van der Waals surface area contributed by atoms with Gasteiger partial charge in [-0.15, -0.1) is 0 Å². The first-order valence-corrected chi connectivity index (χ1v) is 6.33. The zero-order valence-corrected chi connectivity index (χ0v) is 10.8. The van der Waals surface area contributed by atoms with Gasteiger partial charge in [0.15, 0.2) is 0 Å². The number of nitrogens with two attached hydrogens (primary N) is 1. The summed E-state index contributed by atoms with van der Waals surface area (Å²) in [5.74, 6) is 5.14. The summed E-state index contributed by atoms with van der Waals surface area (Å²) in [5.41, 5.74) is 3.56. The highest BCUT2D eigenvalue weighted by Gasteiger charge is 2.32. The SMILES string of the molecule is CCC1C(=O)NCCN1C(=O)c1ccccc1NN. The topological polar surface area (TPSA) is 87.5 Å². The maximum Gasteiger partial charge on any atom is 0.256 e. The van der Waals surface area contributed by atoms with E-state index in [0.717, 1.165) is 0 Å². The molecule has 0 aromatic heterocycles. The zero-order valence-electron chi connectivity index (χ0n) is 10.8. The summed E-state index contributed by atoms with van der Waals surface area (Å²) in [5, 5.41) is 2.77. The van der Waals surface area contributed by atoms with E-state index in [1.54, 1.807) is 29.2 Å². The smallest absolute Gasteiger partial charge is 0.256 e. The number of anilines is 1. The second kappa shape index (κ2) is 5.71. The molecule has 1 unspecified atom stereocenters. The van der Waals surface area contributed by atoms with Crippen LogP contribution in [0.25, 0.3) is 0 Å². The number of piperazine rings is 1. The fourth-order valence-corrected chi connectivity index (χ4v) is 2.31. The Kier molecular flexibility index (Phi) is 4.01. The van der Waals surface area contributed by atoms with Gasteiger partial charge in [0.25, 0.3) is 5.91 Å². The van der Waals surface area contributed by atoms with Gasteiger partial charge in [0.2, 0.25) is 5.91 Å². The highest BCUT2D eigenvalue weighted by Crippen LogP contribution is 2.19. The average Bonchev–Trinajstić information content (AvgIpc) is 2.46. The summed E-state index contributed by atoms with van der Waals surface area (Å²) < 4.78 is 0. The van der Waals surface area contributed by atoms with E-state index in [4.69, 9.17) is 5.84 Å². The van der Waals surface area contributed by atoms with Crippen molar-refractivity contribution >= 4 is 17.5 Å². The molecule has 6 heteroatoms. The van der Waals surface area contributed by atoms with Crippen LogP contribution in [0.15, 0.2) is 24.3 Å². The van der Waals surface area contributed by atoms with E-state index < -0.39 is 6.04 Å². The molecule has 0 saturated carbocycles. The number of hydrogen-bond acceptors (Lipinski definition) is 4. The largest absolute Gasteiger partial charge is 0.353 e. The van der Waals surface area contributed by atoms with Crippen LogP contribution in [0.4, 0.5) is 5.69 Å². The normalized spacial score (nSPS) is 18.9. The number of nitrogens with one attached hydrogen (secondary N) is 2. The third-order valence-electron chi connectivity index (χ3n) is 3.29. The van der Waals surface area contributed by atoms with E-state index in [2.05, 4.69) is 10.7 Å². The number of hydrazine groups is 1. The molecule has 6 nitrogen and oxygen atoms in total. The fourth-order valence-electron chi connectivity index (χ4n) is 2.31. The minimum Gasteiger partial charge on any atom is -0.353 e. The van der Waals surface area contributed by atoms with E-state index in [-0.39, 0.29) is 11.8 Å². The average molecular weight is 262 g/mol. The van der Waals surface area contributed by atoms with Gasteiger partial charge in [-0.1, -0.05) is 19.1 Å². The lowest BCUT2D eigenvalue weighted by molar-refractivity contribution is -0.127. The maximum absolute atomic E-state index is 12.5. The minimum atomic E-state index is -0.410. The lowest BCUT2D eigenvalue weighted by Crippen LogP contribution is -2.57. The Bertz CT molecular complexity index is 489. The molecule has 1 atom stereocenters. The molecule has 0 bridgehead atoms. The molecule has 1 saturated heterocycles. The Morgan fingerprint density at radius 1 is 1.53 bits per heavy atom. The number of carbonyl (C=O) groups is 2. The molecule has 2 rings (SSSR count). The van der Waals surface area contributed by atoms with Gasteiger partial charge in [-0.2, -0.15) is 0 Å². The van der Waals surface area contributed by atoms with Crippen molar-refractivity contribution in [2.24, 2.45) is 5.84 Å². The third-order valence-corrected chi connectivity index (χ3v) is 3.29. The van der Waals surface area contributed by atoms with Crippen LogP contribution in [-0.2, 0) is 4.79 Å². The second-order valence-corrected chi connectivity index (χ2v) is 4.40. The molecule has 1 heterocycles. The van der Waals surface area contributed by atoms with Crippen molar-refractivity contribution in [1.29, 1.82) is 0 Å². The summed E-state index contributed by atoms with van der Waals surface area (Å²) in [6.07, 6.45) is 0.593. The van der Waals surface area contributed by atoms with E-state index in [0.29, 0.717) is 30.8 Å². The number of benzene rings is 1. The molecule has 2 amide bonds. The van der Waals surface area contributed by atoms with E-state index in [1.165, 1.54) is 0 Å². The summed E-state index contributed by atoms with van der Waals surface area (Å²) in [4.78, 5) is 25.9. The van der Waals surface area contributed by atoms with E-state index >= 15 is 0 Å². The Morgan fingerprint density at radius 2 is 2.26 bits per heavy atom. The van der Waals surface area contributed by atoms with Crippen molar-refractivity contribution in [3.05, 3.63) is 29.8 Å². The van der Waals surface area contributed by atoms with Crippen LogP contribution in [0, 0.1) is 0 Å². The van der Waals surface area contributed by atoms with Crippen LogP contribution >= 0.6 is 0 Å². The molecular formula is C13H18N4O2. The molecule has 1 aromatic carbocycles. The number of amides is 2. The quantitative estimate of drug-likeness (QED) is 0.541. The summed E-state index contributed by atoms with van der Waals surface area (Å²) in [7, 11) is 0. The highest BCUT2D eigenvalue weighted by molar-refractivity contribution is 6.02. The van der Waals surface area contributed by atoms with Gasteiger partial charge in [-0.05, 0) is 18.6 Å². The molecule has 102 valence electrons. The number of rotatable bonds is 3. The third kappa shape index (κ3) is 2.53. The molecular weight excluding hydrogens is 244 g/mol. The first-order valence-electron chi connectivity index (χ1n) is 6.33. The molecule has 1 fully saturated rings. The minimum absolute atomic E-state index is 0.0970. The van der Waals surface area contributed by atoms with Gasteiger partial charge in [-0.25, -0.2) is 0 Å². The first kappa shape index (κ1) is 13.4. The number of para-hydroxylation sites is 1. The van der Waals surface area contributed by atoms with E-state index in [9.17, 15) is 9.59 Å². The monoisotopic (exact) mass is 262 g/mol. The molecule has 1 aromatic rings. The summed E-state index contributed by atoms with van der Waals surface area (Å²) in [6.45, 7) is 2.89. The van der Waals surface area contributed by atoms with Gasteiger partial charge in [0.05, 0.1) is 11.3 Å².